The summed E-state index contributed by atoms with van der Waals surface area (Å²) in [5.74, 6) is 0.336. The number of sulfonamides is 1. The molecule has 2 aromatic carbocycles. The zero-order chi connectivity index (χ0) is 24.5. The molecule has 6 nitrogen and oxygen atoms in total. The van der Waals surface area contributed by atoms with E-state index >= 15 is 0 Å². The summed E-state index contributed by atoms with van der Waals surface area (Å²) in [5.41, 5.74) is 1.31. The van der Waals surface area contributed by atoms with Gasteiger partial charge in [-0.2, -0.15) is 17.5 Å². The number of nitrogens with one attached hydrogen (secondary N) is 1. The maximum atomic E-state index is 13.6. The molecule has 0 fully saturated rings. The van der Waals surface area contributed by atoms with Crippen molar-refractivity contribution in [2.75, 3.05) is 10.8 Å². The number of thiophene rings is 1. The smallest absolute Gasteiger partial charge is 0.296 e. The Balaban J connectivity index is 1.69. The third-order valence-corrected chi connectivity index (χ3v) is 9.04. The van der Waals surface area contributed by atoms with Crippen molar-refractivity contribution >= 4 is 48.0 Å². The molecule has 0 atom stereocenters. The molecule has 0 saturated carbocycles. The summed E-state index contributed by atoms with van der Waals surface area (Å²) in [5, 5.41) is 1.39. The molecule has 0 amide bonds. The van der Waals surface area contributed by atoms with Gasteiger partial charge in [0.25, 0.3) is 10.0 Å². The zero-order valence-corrected chi connectivity index (χ0v) is 20.4. The SMILES string of the molecule is Cc1c(N(CCCCC(F)(F)F)S(=O)(=O)c2ccc(-c3nsc(=O)[nH]3)cc2)sc2ccccc12. The third-order valence-electron chi connectivity index (χ3n) is 5.27. The molecule has 2 heterocycles. The molecule has 0 aliphatic heterocycles. The Kier molecular flexibility index (Phi) is 6.83. The average Bonchev–Trinajstić information content (AvgIpc) is 3.36. The second kappa shape index (κ2) is 9.51. The van der Waals surface area contributed by atoms with Crippen LogP contribution in [0, 0.1) is 6.92 Å². The van der Waals surface area contributed by atoms with Crippen LogP contribution in [-0.2, 0) is 10.0 Å². The number of halogens is 3. The molecule has 0 aliphatic carbocycles. The van der Waals surface area contributed by atoms with Crippen LogP contribution in [0.1, 0.15) is 24.8 Å². The normalized spacial score (nSPS) is 12.4. The summed E-state index contributed by atoms with van der Waals surface area (Å²) in [4.78, 5) is 13.6. The topological polar surface area (TPSA) is 83.1 Å². The predicted octanol–water partition coefficient (Wildman–Crippen LogP) is 5.95. The standard InChI is InChI=1S/C22H20F3N3O3S3/c1-14-17-6-2-3-7-18(17)32-20(14)28(13-5-4-12-22(23,24)25)34(30,31)16-10-8-15(9-11-16)19-26-21(29)33-27-19/h2-3,6-11H,4-5,12-13H2,1H3,(H,26,27,29). The van der Waals surface area contributed by atoms with E-state index < -0.39 is 22.6 Å². The van der Waals surface area contributed by atoms with Gasteiger partial charge in [0, 0.05) is 34.8 Å². The van der Waals surface area contributed by atoms with Crippen molar-refractivity contribution in [3.8, 4) is 11.4 Å². The van der Waals surface area contributed by atoms with Gasteiger partial charge in [0.1, 0.15) is 5.00 Å². The molecule has 0 radical (unpaired) electrons. The number of unbranched alkanes of at least 4 members (excludes halogenated alkanes) is 1. The zero-order valence-electron chi connectivity index (χ0n) is 17.9. The van der Waals surface area contributed by atoms with Crippen molar-refractivity contribution in [1.82, 2.24) is 9.36 Å². The minimum absolute atomic E-state index is 0.00139. The Bertz CT molecular complexity index is 1460. The van der Waals surface area contributed by atoms with Gasteiger partial charge in [-0.15, -0.1) is 11.3 Å². The summed E-state index contributed by atoms with van der Waals surface area (Å²) in [6.45, 7) is 1.74. The second-order valence-electron chi connectivity index (χ2n) is 7.65. The Morgan fingerprint density at radius 3 is 2.38 bits per heavy atom. The number of fused-ring (bicyclic) bond motifs is 1. The van der Waals surface area contributed by atoms with Gasteiger partial charge in [-0.1, -0.05) is 18.2 Å². The summed E-state index contributed by atoms with van der Waals surface area (Å²) < 4.78 is 71.3. The first kappa shape index (κ1) is 24.4. The minimum Gasteiger partial charge on any atom is -0.296 e. The quantitative estimate of drug-likeness (QED) is 0.287. The van der Waals surface area contributed by atoms with Gasteiger partial charge in [0.05, 0.1) is 4.90 Å². The van der Waals surface area contributed by atoms with E-state index in [1.165, 1.54) is 39.9 Å². The molecule has 34 heavy (non-hydrogen) atoms. The van der Waals surface area contributed by atoms with Gasteiger partial charge in [-0.25, -0.2) is 8.42 Å². The van der Waals surface area contributed by atoms with Gasteiger partial charge in [-0.3, -0.25) is 14.1 Å². The highest BCUT2D eigenvalue weighted by molar-refractivity contribution is 7.93. The Morgan fingerprint density at radius 1 is 1.06 bits per heavy atom. The lowest BCUT2D eigenvalue weighted by atomic mass is 10.2. The highest BCUT2D eigenvalue weighted by Crippen LogP contribution is 2.40. The molecule has 0 spiro atoms. The van der Waals surface area contributed by atoms with E-state index in [4.69, 9.17) is 0 Å². The second-order valence-corrected chi connectivity index (χ2v) is 11.3. The number of hydrogen-bond acceptors (Lipinski definition) is 6. The third kappa shape index (κ3) is 5.18. The number of benzene rings is 2. The molecule has 180 valence electrons. The Hall–Kier alpha value is -2.70. The largest absolute Gasteiger partial charge is 0.389 e. The van der Waals surface area contributed by atoms with Crippen molar-refractivity contribution in [3.63, 3.8) is 0 Å². The van der Waals surface area contributed by atoms with Crippen LogP contribution in [0.3, 0.4) is 0 Å². The molecule has 0 unspecified atom stereocenters. The number of anilines is 1. The number of aryl methyl sites for hydroxylation is 1. The first-order valence-electron chi connectivity index (χ1n) is 10.3. The van der Waals surface area contributed by atoms with Gasteiger partial charge < -0.3 is 0 Å². The molecule has 0 saturated heterocycles. The van der Waals surface area contributed by atoms with Crippen molar-refractivity contribution in [2.45, 2.75) is 37.3 Å². The molecular formula is C22H20F3N3O3S3. The first-order chi connectivity index (χ1) is 16.1. The number of rotatable bonds is 8. The highest BCUT2D eigenvalue weighted by atomic mass is 32.2. The molecule has 0 aliphatic rings. The number of alkyl halides is 3. The Morgan fingerprint density at radius 2 is 1.76 bits per heavy atom. The lowest BCUT2D eigenvalue weighted by Gasteiger charge is -2.24. The van der Waals surface area contributed by atoms with Crippen LogP contribution in [0.25, 0.3) is 21.5 Å². The van der Waals surface area contributed by atoms with Crippen LogP contribution >= 0.6 is 22.9 Å². The average molecular weight is 528 g/mol. The number of aromatic amines is 1. The summed E-state index contributed by atoms with van der Waals surface area (Å²) in [7, 11) is -4.06. The summed E-state index contributed by atoms with van der Waals surface area (Å²) in [6.07, 6.45) is -5.36. The lowest BCUT2D eigenvalue weighted by Crippen LogP contribution is -2.32. The van der Waals surface area contributed by atoms with Crippen molar-refractivity contribution in [1.29, 1.82) is 0 Å². The van der Waals surface area contributed by atoms with Gasteiger partial charge in [0.15, 0.2) is 5.82 Å². The number of H-pyrrole nitrogens is 1. The molecule has 4 aromatic rings. The van der Waals surface area contributed by atoms with Gasteiger partial charge in [0.2, 0.25) is 0 Å². The first-order valence-corrected chi connectivity index (χ1v) is 13.3. The maximum absolute atomic E-state index is 13.6. The fourth-order valence-corrected chi connectivity index (χ4v) is 7.05. The van der Waals surface area contributed by atoms with E-state index in [9.17, 15) is 26.4 Å². The van der Waals surface area contributed by atoms with E-state index in [0.717, 1.165) is 27.2 Å². The van der Waals surface area contributed by atoms with E-state index in [1.807, 2.05) is 31.2 Å². The summed E-state index contributed by atoms with van der Waals surface area (Å²) >= 11 is 2.06. The highest BCUT2D eigenvalue weighted by Gasteiger charge is 2.30. The number of hydrogen-bond donors (Lipinski definition) is 1. The maximum Gasteiger partial charge on any atom is 0.389 e. The van der Waals surface area contributed by atoms with Crippen molar-refractivity contribution < 1.29 is 21.6 Å². The minimum atomic E-state index is -4.29. The number of nitrogens with zero attached hydrogens (tertiary/aromatic N) is 2. The van der Waals surface area contributed by atoms with E-state index in [1.54, 1.807) is 0 Å². The van der Waals surface area contributed by atoms with E-state index in [2.05, 4.69) is 9.36 Å². The van der Waals surface area contributed by atoms with Crippen molar-refractivity contribution in [3.05, 3.63) is 63.8 Å². The molecule has 1 N–H and O–H groups in total. The summed E-state index contributed by atoms with van der Waals surface area (Å²) in [6, 6.07) is 13.4. The fraction of sp³-hybridized carbons (Fsp3) is 0.273. The van der Waals surface area contributed by atoms with Crippen LogP contribution in [0.2, 0.25) is 0 Å². The molecule has 4 rings (SSSR count). The fourth-order valence-electron chi connectivity index (χ4n) is 3.58. The Labute approximate surface area is 201 Å². The predicted molar refractivity (Wildman–Crippen MR) is 129 cm³/mol. The monoisotopic (exact) mass is 527 g/mol. The van der Waals surface area contributed by atoms with Crippen molar-refractivity contribution in [2.24, 2.45) is 0 Å². The molecule has 12 heteroatoms. The molecular weight excluding hydrogens is 507 g/mol. The molecule has 0 bridgehead atoms. The van der Waals surface area contributed by atoms with Crippen LogP contribution < -0.4 is 9.18 Å². The number of aromatic nitrogens is 2. The molecule has 2 aromatic heterocycles. The van der Waals surface area contributed by atoms with Gasteiger partial charge in [-0.05, 0) is 61.0 Å². The van der Waals surface area contributed by atoms with Crippen LogP contribution in [0.5, 0.6) is 0 Å². The van der Waals surface area contributed by atoms with Gasteiger partial charge >= 0.3 is 11.0 Å². The lowest BCUT2D eigenvalue weighted by molar-refractivity contribution is -0.135. The van der Waals surface area contributed by atoms with Crippen LogP contribution in [-0.4, -0.2) is 30.5 Å². The van der Waals surface area contributed by atoms with E-state index in [0.29, 0.717) is 16.4 Å². The van der Waals surface area contributed by atoms with Crippen LogP contribution in [0.4, 0.5) is 18.2 Å². The van der Waals surface area contributed by atoms with Crippen LogP contribution in [0.15, 0.2) is 58.2 Å². The van der Waals surface area contributed by atoms with E-state index in [-0.39, 0.29) is 29.2 Å².